The fourth-order valence-corrected chi connectivity index (χ4v) is 2.33. The molecule has 0 atom stereocenters. The third kappa shape index (κ3) is 2.72. The van der Waals surface area contributed by atoms with Crippen LogP contribution in [0.5, 0.6) is 5.88 Å². The summed E-state index contributed by atoms with van der Waals surface area (Å²) in [6, 6.07) is 11.5. The average molecular weight is 270 g/mol. The van der Waals surface area contributed by atoms with E-state index in [-0.39, 0.29) is 5.88 Å². The molecule has 20 heavy (non-hydrogen) atoms. The predicted molar refractivity (Wildman–Crippen MR) is 78.8 cm³/mol. The minimum Gasteiger partial charge on any atom is -0.493 e. The van der Waals surface area contributed by atoms with E-state index >= 15 is 0 Å². The third-order valence-corrected chi connectivity index (χ3v) is 3.56. The van der Waals surface area contributed by atoms with Gasteiger partial charge in [0.2, 0.25) is 11.8 Å². The van der Waals surface area contributed by atoms with Gasteiger partial charge < -0.3 is 14.9 Å². The zero-order valence-electron chi connectivity index (χ0n) is 11.5. The highest BCUT2D eigenvalue weighted by Crippen LogP contribution is 2.23. The molecule has 1 aromatic carbocycles. The van der Waals surface area contributed by atoms with Crippen LogP contribution in [0, 0.1) is 0 Å². The Labute approximate surface area is 118 Å². The molecule has 1 aromatic heterocycles. The minimum absolute atomic E-state index is 0.0211. The Hall–Kier alpha value is -2.14. The lowest BCUT2D eigenvalue weighted by molar-refractivity contribution is 0.310. The van der Waals surface area contributed by atoms with Gasteiger partial charge in [0.15, 0.2) is 0 Å². The van der Waals surface area contributed by atoms with Gasteiger partial charge in [0.25, 0.3) is 0 Å². The molecule has 3 rings (SSSR count). The Kier molecular flexibility index (Phi) is 3.52. The number of hydrogen-bond acceptors (Lipinski definition) is 5. The maximum Gasteiger partial charge on any atom is 0.229 e. The van der Waals surface area contributed by atoms with Crippen LogP contribution in [0.1, 0.15) is 0 Å². The van der Waals surface area contributed by atoms with E-state index in [2.05, 4.69) is 26.8 Å². The molecule has 1 aliphatic heterocycles. The Bertz CT molecular complexity index is 580. The van der Waals surface area contributed by atoms with Crippen molar-refractivity contribution in [3.63, 3.8) is 0 Å². The first-order chi connectivity index (χ1) is 9.72. The minimum atomic E-state index is 0.0211. The topological polar surface area (TPSA) is 52.5 Å². The molecule has 2 aromatic rings. The van der Waals surface area contributed by atoms with E-state index in [4.69, 9.17) is 0 Å². The molecule has 1 fully saturated rings. The highest BCUT2D eigenvalue weighted by atomic mass is 16.3. The van der Waals surface area contributed by atoms with E-state index in [1.807, 2.05) is 30.3 Å². The van der Waals surface area contributed by atoms with Crippen molar-refractivity contribution in [2.75, 3.05) is 38.1 Å². The SMILES string of the molecule is CN1CCN(c2nc(O)cc(-c3ccccc3)n2)CC1. The van der Waals surface area contributed by atoms with Crippen molar-refractivity contribution < 1.29 is 5.11 Å². The second-order valence-corrected chi connectivity index (χ2v) is 5.07. The molecule has 5 heteroatoms. The highest BCUT2D eigenvalue weighted by Gasteiger charge is 2.18. The smallest absolute Gasteiger partial charge is 0.229 e. The van der Waals surface area contributed by atoms with Crippen LogP contribution in [0.15, 0.2) is 36.4 Å². The molecular formula is C15H18N4O. The maximum absolute atomic E-state index is 9.85. The molecule has 0 spiro atoms. The zero-order valence-corrected chi connectivity index (χ0v) is 11.5. The van der Waals surface area contributed by atoms with Gasteiger partial charge in [0, 0.05) is 37.8 Å². The lowest BCUT2D eigenvalue weighted by Crippen LogP contribution is -2.45. The Morgan fingerprint density at radius 3 is 2.40 bits per heavy atom. The van der Waals surface area contributed by atoms with Crippen molar-refractivity contribution in [2.24, 2.45) is 0 Å². The standard InChI is InChI=1S/C15H18N4O/c1-18-7-9-19(10-8-18)15-16-13(11-14(20)17-15)12-5-3-2-4-6-12/h2-6,11H,7-10H2,1H3,(H,16,17,20). The van der Waals surface area contributed by atoms with Gasteiger partial charge in [-0.25, -0.2) is 4.98 Å². The van der Waals surface area contributed by atoms with Gasteiger partial charge in [-0.1, -0.05) is 30.3 Å². The summed E-state index contributed by atoms with van der Waals surface area (Å²) in [5.41, 5.74) is 1.74. The van der Waals surface area contributed by atoms with E-state index in [9.17, 15) is 5.11 Å². The second-order valence-electron chi connectivity index (χ2n) is 5.07. The van der Waals surface area contributed by atoms with Gasteiger partial charge in [-0.3, -0.25) is 0 Å². The summed E-state index contributed by atoms with van der Waals surface area (Å²) in [4.78, 5) is 13.1. The van der Waals surface area contributed by atoms with E-state index in [0.29, 0.717) is 5.95 Å². The Morgan fingerprint density at radius 2 is 1.70 bits per heavy atom. The van der Waals surface area contributed by atoms with E-state index in [1.54, 1.807) is 6.07 Å². The van der Waals surface area contributed by atoms with Crippen molar-refractivity contribution in [1.29, 1.82) is 0 Å². The molecule has 1 N–H and O–H groups in total. The van der Waals surface area contributed by atoms with Crippen LogP contribution in [0.2, 0.25) is 0 Å². The zero-order chi connectivity index (χ0) is 13.9. The van der Waals surface area contributed by atoms with Crippen LogP contribution in [0.25, 0.3) is 11.3 Å². The normalized spacial score (nSPS) is 16.4. The molecule has 1 saturated heterocycles. The number of likely N-dealkylation sites (N-methyl/N-ethyl adjacent to an activating group) is 1. The largest absolute Gasteiger partial charge is 0.493 e. The first-order valence-electron chi connectivity index (χ1n) is 6.79. The Balaban J connectivity index is 1.91. The number of anilines is 1. The van der Waals surface area contributed by atoms with Gasteiger partial charge in [0.1, 0.15) is 0 Å². The van der Waals surface area contributed by atoms with Crippen LogP contribution >= 0.6 is 0 Å². The van der Waals surface area contributed by atoms with Crippen LogP contribution in [-0.4, -0.2) is 53.2 Å². The highest BCUT2D eigenvalue weighted by molar-refractivity contribution is 5.61. The van der Waals surface area contributed by atoms with Crippen LogP contribution < -0.4 is 4.90 Å². The molecular weight excluding hydrogens is 252 g/mol. The molecule has 0 unspecified atom stereocenters. The monoisotopic (exact) mass is 270 g/mol. The summed E-state index contributed by atoms with van der Waals surface area (Å²) in [6.07, 6.45) is 0. The summed E-state index contributed by atoms with van der Waals surface area (Å²) in [6.45, 7) is 3.74. The van der Waals surface area contributed by atoms with Crippen molar-refractivity contribution >= 4 is 5.95 Å². The van der Waals surface area contributed by atoms with Gasteiger partial charge in [-0.2, -0.15) is 4.98 Å². The number of hydrogen-bond donors (Lipinski definition) is 1. The van der Waals surface area contributed by atoms with Crippen molar-refractivity contribution in [3.05, 3.63) is 36.4 Å². The fraction of sp³-hybridized carbons (Fsp3) is 0.333. The number of aromatic hydroxyl groups is 1. The third-order valence-electron chi connectivity index (χ3n) is 3.56. The number of benzene rings is 1. The van der Waals surface area contributed by atoms with Crippen LogP contribution in [0.3, 0.4) is 0 Å². The van der Waals surface area contributed by atoms with Gasteiger partial charge >= 0.3 is 0 Å². The second kappa shape index (κ2) is 5.46. The average Bonchev–Trinajstić information content (AvgIpc) is 2.48. The molecule has 104 valence electrons. The molecule has 5 nitrogen and oxygen atoms in total. The molecule has 1 aliphatic rings. The number of piperazine rings is 1. The van der Waals surface area contributed by atoms with Crippen LogP contribution in [0.4, 0.5) is 5.95 Å². The van der Waals surface area contributed by atoms with Gasteiger partial charge in [-0.15, -0.1) is 0 Å². The Morgan fingerprint density at radius 1 is 1.00 bits per heavy atom. The molecule has 0 saturated carbocycles. The fourth-order valence-electron chi connectivity index (χ4n) is 2.33. The summed E-state index contributed by atoms with van der Waals surface area (Å²) >= 11 is 0. The number of nitrogens with zero attached hydrogens (tertiary/aromatic N) is 4. The molecule has 0 radical (unpaired) electrons. The molecule has 0 bridgehead atoms. The quantitative estimate of drug-likeness (QED) is 0.898. The summed E-state index contributed by atoms with van der Waals surface area (Å²) in [5.74, 6) is 0.629. The molecule has 2 heterocycles. The van der Waals surface area contributed by atoms with E-state index in [1.165, 1.54) is 0 Å². The van der Waals surface area contributed by atoms with Crippen LogP contribution in [-0.2, 0) is 0 Å². The van der Waals surface area contributed by atoms with E-state index in [0.717, 1.165) is 37.4 Å². The van der Waals surface area contributed by atoms with Crippen molar-refractivity contribution in [2.45, 2.75) is 0 Å². The predicted octanol–water partition coefficient (Wildman–Crippen LogP) is 1.60. The lowest BCUT2D eigenvalue weighted by atomic mass is 10.1. The summed E-state index contributed by atoms with van der Waals surface area (Å²) in [5, 5.41) is 9.85. The van der Waals surface area contributed by atoms with E-state index < -0.39 is 0 Å². The lowest BCUT2D eigenvalue weighted by Gasteiger charge is -2.32. The first-order valence-corrected chi connectivity index (χ1v) is 6.79. The number of aromatic nitrogens is 2. The van der Waals surface area contributed by atoms with Gasteiger partial charge in [0.05, 0.1) is 5.69 Å². The van der Waals surface area contributed by atoms with Crippen molar-refractivity contribution in [3.8, 4) is 17.1 Å². The summed E-state index contributed by atoms with van der Waals surface area (Å²) < 4.78 is 0. The molecule has 0 aliphatic carbocycles. The van der Waals surface area contributed by atoms with Crippen molar-refractivity contribution in [1.82, 2.24) is 14.9 Å². The maximum atomic E-state index is 9.85. The molecule has 0 amide bonds. The summed E-state index contributed by atoms with van der Waals surface area (Å²) in [7, 11) is 2.11. The first kappa shape index (κ1) is 12.9. The van der Waals surface area contributed by atoms with Gasteiger partial charge in [-0.05, 0) is 7.05 Å². The number of rotatable bonds is 2.